The van der Waals surface area contributed by atoms with E-state index in [0.29, 0.717) is 19.8 Å². The first-order valence-corrected chi connectivity index (χ1v) is 9.27. The predicted octanol–water partition coefficient (Wildman–Crippen LogP) is 3.60. The average Bonchev–Trinajstić information content (AvgIpc) is 2.27. The van der Waals surface area contributed by atoms with Crippen LogP contribution in [-0.4, -0.2) is 34.0 Å². The van der Waals surface area contributed by atoms with Crippen LogP contribution in [0.2, 0.25) is 6.04 Å². The van der Waals surface area contributed by atoms with Crippen LogP contribution in [0.4, 0.5) is 0 Å². The number of unbranched alkanes of at least 4 members (excludes halogenated alkanes) is 2. The summed E-state index contributed by atoms with van der Waals surface area (Å²) in [4.78, 5) is 0. The van der Waals surface area contributed by atoms with Gasteiger partial charge in [0.1, 0.15) is 0 Å². The first-order valence-electron chi connectivity index (χ1n) is 6.22. The van der Waals surface area contributed by atoms with Gasteiger partial charge in [-0.2, -0.15) is 0 Å². The minimum atomic E-state index is -2.38. The van der Waals surface area contributed by atoms with E-state index in [0.717, 1.165) is 17.8 Å². The summed E-state index contributed by atoms with van der Waals surface area (Å²) in [5, 5.41) is 0.829. The molecule has 0 aromatic heterocycles. The Labute approximate surface area is 109 Å². The van der Waals surface area contributed by atoms with E-state index in [1.165, 1.54) is 12.8 Å². The number of hydrogen-bond donors (Lipinski definition) is 0. The molecule has 0 atom stereocenters. The Hall–Kier alpha value is 0.577. The zero-order valence-electron chi connectivity index (χ0n) is 10.8. The highest BCUT2D eigenvalue weighted by Crippen LogP contribution is 2.20. The van der Waals surface area contributed by atoms with E-state index in [4.69, 9.17) is 13.3 Å². The molecular formula is C11H25BrO3Si. The van der Waals surface area contributed by atoms with Gasteiger partial charge in [-0.3, -0.25) is 0 Å². The van der Waals surface area contributed by atoms with Gasteiger partial charge in [0.25, 0.3) is 0 Å². The van der Waals surface area contributed by atoms with Gasteiger partial charge in [-0.05, 0) is 20.3 Å². The molecule has 0 aromatic rings. The topological polar surface area (TPSA) is 27.7 Å². The Balaban J connectivity index is 4.24. The van der Waals surface area contributed by atoms with Crippen molar-refractivity contribution in [2.45, 2.75) is 46.1 Å². The van der Waals surface area contributed by atoms with Gasteiger partial charge in [0.2, 0.25) is 0 Å². The van der Waals surface area contributed by atoms with Gasteiger partial charge < -0.3 is 13.3 Å². The largest absolute Gasteiger partial charge is 0.500 e. The van der Waals surface area contributed by atoms with Crippen LogP contribution in [0.15, 0.2) is 0 Å². The maximum absolute atomic E-state index is 5.85. The predicted molar refractivity (Wildman–Crippen MR) is 73.1 cm³/mol. The zero-order valence-corrected chi connectivity index (χ0v) is 13.3. The van der Waals surface area contributed by atoms with Crippen LogP contribution < -0.4 is 0 Å². The number of rotatable bonds is 11. The standard InChI is InChI=1S/C11H25BrO3Si/c1-4-7-8-11-16(13-5-2,14-6-3)15-10-9-12/h4-11H2,1-3H3. The Morgan fingerprint density at radius 3 is 2.00 bits per heavy atom. The minimum absolute atomic E-state index is 0.665. The van der Waals surface area contributed by atoms with Crippen LogP contribution in [0.5, 0.6) is 0 Å². The third-order valence-corrected chi connectivity index (χ3v) is 5.60. The molecule has 0 aliphatic carbocycles. The molecule has 98 valence electrons. The zero-order chi connectivity index (χ0) is 12.3. The van der Waals surface area contributed by atoms with Crippen LogP contribution in [0.1, 0.15) is 40.0 Å². The van der Waals surface area contributed by atoms with Crippen molar-refractivity contribution in [1.82, 2.24) is 0 Å². The summed E-state index contributed by atoms with van der Waals surface area (Å²) in [5.41, 5.74) is 0. The third-order valence-electron chi connectivity index (χ3n) is 2.21. The molecule has 0 fully saturated rings. The molecule has 0 aliphatic rings. The van der Waals surface area contributed by atoms with Crippen LogP contribution in [-0.2, 0) is 13.3 Å². The summed E-state index contributed by atoms with van der Waals surface area (Å²) in [6, 6.07) is 0.940. The summed E-state index contributed by atoms with van der Waals surface area (Å²) in [7, 11) is -2.38. The first kappa shape index (κ1) is 16.6. The lowest BCUT2D eigenvalue weighted by Crippen LogP contribution is -2.46. The lowest BCUT2D eigenvalue weighted by Gasteiger charge is -2.28. The Morgan fingerprint density at radius 2 is 1.56 bits per heavy atom. The number of halogens is 1. The molecule has 0 bridgehead atoms. The lowest BCUT2D eigenvalue weighted by molar-refractivity contribution is 0.0717. The molecule has 0 rings (SSSR count). The fourth-order valence-corrected chi connectivity index (χ4v) is 4.69. The lowest BCUT2D eigenvalue weighted by atomic mass is 10.3. The van der Waals surface area contributed by atoms with Crippen molar-refractivity contribution < 1.29 is 13.3 Å². The van der Waals surface area contributed by atoms with Crippen molar-refractivity contribution >= 4 is 24.7 Å². The van der Waals surface area contributed by atoms with Crippen LogP contribution in [0.25, 0.3) is 0 Å². The molecule has 5 heteroatoms. The van der Waals surface area contributed by atoms with Gasteiger partial charge in [0, 0.05) is 31.2 Å². The second-order valence-electron chi connectivity index (χ2n) is 3.54. The second kappa shape index (κ2) is 10.7. The van der Waals surface area contributed by atoms with Gasteiger partial charge >= 0.3 is 8.80 Å². The molecule has 0 saturated carbocycles. The molecule has 0 aliphatic heterocycles. The van der Waals surface area contributed by atoms with Crippen LogP contribution in [0, 0.1) is 0 Å². The highest BCUT2D eigenvalue weighted by molar-refractivity contribution is 9.09. The van der Waals surface area contributed by atoms with Gasteiger partial charge in [-0.25, -0.2) is 0 Å². The summed E-state index contributed by atoms with van der Waals surface area (Å²) < 4.78 is 17.4. The number of alkyl halides is 1. The van der Waals surface area contributed by atoms with Crippen LogP contribution in [0.3, 0.4) is 0 Å². The first-order chi connectivity index (χ1) is 7.74. The van der Waals surface area contributed by atoms with E-state index in [1.54, 1.807) is 0 Å². The molecule has 0 aromatic carbocycles. The van der Waals surface area contributed by atoms with Crippen molar-refractivity contribution in [2.24, 2.45) is 0 Å². The van der Waals surface area contributed by atoms with E-state index < -0.39 is 8.80 Å². The minimum Gasteiger partial charge on any atom is -0.374 e. The molecule has 0 saturated heterocycles. The molecule has 0 N–H and O–H groups in total. The normalized spacial score (nSPS) is 12.0. The van der Waals surface area contributed by atoms with Crippen molar-refractivity contribution in [2.75, 3.05) is 25.2 Å². The van der Waals surface area contributed by atoms with E-state index in [1.807, 2.05) is 13.8 Å². The van der Waals surface area contributed by atoms with Crippen LogP contribution >= 0.6 is 15.9 Å². The van der Waals surface area contributed by atoms with Gasteiger partial charge in [0.15, 0.2) is 0 Å². The molecule has 0 radical (unpaired) electrons. The van der Waals surface area contributed by atoms with Gasteiger partial charge in [-0.15, -0.1) is 0 Å². The molecule has 16 heavy (non-hydrogen) atoms. The van der Waals surface area contributed by atoms with Gasteiger partial charge in [0.05, 0.1) is 0 Å². The highest BCUT2D eigenvalue weighted by atomic mass is 79.9. The van der Waals surface area contributed by atoms with Crippen molar-refractivity contribution in [3.8, 4) is 0 Å². The fraction of sp³-hybridized carbons (Fsp3) is 1.00. The quantitative estimate of drug-likeness (QED) is 0.331. The van der Waals surface area contributed by atoms with E-state index >= 15 is 0 Å². The maximum Gasteiger partial charge on any atom is 0.500 e. The summed E-state index contributed by atoms with van der Waals surface area (Å²) in [5.74, 6) is 0. The van der Waals surface area contributed by atoms with Gasteiger partial charge in [-0.1, -0.05) is 35.7 Å². The van der Waals surface area contributed by atoms with E-state index in [-0.39, 0.29) is 0 Å². The molecule has 0 spiro atoms. The van der Waals surface area contributed by atoms with E-state index in [2.05, 4.69) is 22.9 Å². The Morgan fingerprint density at radius 1 is 0.938 bits per heavy atom. The molecule has 3 nitrogen and oxygen atoms in total. The van der Waals surface area contributed by atoms with Crippen molar-refractivity contribution in [1.29, 1.82) is 0 Å². The molecule has 0 amide bonds. The maximum atomic E-state index is 5.85. The number of hydrogen-bond acceptors (Lipinski definition) is 3. The molecule has 0 unspecified atom stereocenters. The fourth-order valence-electron chi connectivity index (χ4n) is 1.57. The SMILES string of the molecule is CCCCC[Si](OCC)(OCC)OCCBr. The highest BCUT2D eigenvalue weighted by Gasteiger charge is 2.39. The smallest absolute Gasteiger partial charge is 0.374 e. The summed E-state index contributed by atoms with van der Waals surface area (Å²) in [6.07, 6.45) is 3.55. The second-order valence-corrected chi connectivity index (χ2v) is 7.07. The van der Waals surface area contributed by atoms with Crippen molar-refractivity contribution in [3.63, 3.8) is 0 Å². The van der Waals surface area contributed by atoms with Crippen molar-refractivity contribution in [3.05, 3.63) is 0 Å². The van der Waals surface area contributed by atoms with E-state index in [9.17, 15) is 0 Å². The molecule has 0 heterocycles. The third kappa shape index (κ3) is 7.01. The average molecular weight is 313 g/mol. The Bertz CT molecular complexity index is 152. The summed E-state index contributed by atoms with van der Waals surface area (Å²) >= 11 is 3.37. The summed E-state index contributed by atoms with van der Waals surface area (Å²) in [6.45, 7) is 8.19. The Kier molecular flexibility index (Phi) is 11.1. The molecular weight excluding hydrogens is 288 g/mol. The monoisotopic (exact) mass is 312 g/mol.